The maximum Gasteiger partial charge on any atom is 0.240 e. The lowest BCUT2D eigenvalue weighted by Gasteiger charge is -2.07. The van der Waals surface area contributed by atoms with E-state index in [-0.39, 0.29) is 10.8 Å². The Bertz CT molecular complexity index is 757. The van der Waals surface area contributed by atoms with Crippen molar-refractivity contribution in [2.75, 3.05) is 6.54 Å². The monoisotopic (exact) mass is 346 g/mol. The average molecular weight is 346 g/mol. The van der Waals surface area contributed by atoms with Gasteiger partial charge in [0.05, 0.1) is 4.90 Å². The van der Waals surface area contributed by atoms with Crippen LogP contribution in [0.4, 0.5) is 0 Å². The molecule has 0 saturated heterocycles. The third kappa shape index (κ3) is 5.47. The highest BCUT2D eigenvalue weighted by molar-refractivity contribution is 7.89. The number of hydrogen-bond acceptors (Lipinski definition) is 3. The molecule has 0 heterocycles. The van der Waals surface area contributed by atoms with Crippen LogP contribution in [0, 0.1) is 0 Å². The molecule has 0 fully saturated rings. The maximum absolute atomic E-state index is 11.9. The lowest BCUT2D eigenvalue weighted by atomic mass is 10.1. The summed E-state index contributed by atoms with van der Waals surface area (Å²) in [5, 5.41) is 2.88. The van der Waals surface area contributed by atoms with E-state index >= 15 is 0 Å². The van der Waals surface area contributed by atoms with Crippen LogP contribution in [0.5, 0.6) is 0 Å². The Morgan fingerprint density at radius 2 is 1.62 bits per heavy atom. The van der Waals surface area contributed by atoms with Crippen LogP contribution in [-0.4, -0.2) is 20.9 Å². The smallest absolute Gasteiger partial charge is 0.240 e. The van der Waals surface area contributed by atoms with Gasteiger partial charge in [0.15, 0.2) is 0 Å². The fourth-order valence-electron chi connectivity index (χ4n) is 2.25. The topological polar surface area (TPSA) is 75.3 Å². The Balaban J connectivity index is 1.83. The van der Waals surface area contributed by atoms with Crippen molar-refractivity contribution in [1.29, 1.82) is 0 Å². The Kier molecular flexibility index (Phi) is 6.52. The number of nitrogens with one attached hydrogen (secondary N) is 2. The minimum Gasteiger partial charge on any atom is -0.352 e. The minimum absolute atomic E-state index is 0.0248. The lowest BCUT2D eigenvalue weighted by Crippen LogP contribution is -2.23. The summed E-state index contributed by atoms with van der Waals surface area (Å²) in [6.45, 7) is 2.60. The standard InChI is InChI=1S/C18H22N2O3S/c1-2-20-24(22,23)17-11-8-15(9-12-17)10-13-18(21)19-14-16-6-4-3-5-7-16/h3-9,11-12,20H,2,10,13-14H2,1H3,(H,19,21). The molecule has 6 heteroatoms. The van der Waals surface area contributed by atoms with E-state index in [2.05, 4.69) is 10.0 Å². The van der Waals surface area contributed by atoms with E-state index in [0.717, 1.165) is 11.1 Å². The Morgan fingerprint density at radius 3 is 2.25 bits per heavy atom. The number of hydrogen-bond donors (Lipinski definition) is 2. The first-order chi connectivity index (χ1) is 11.5. The van der Waals surface area contributed by atoms with Crippen molar-refractivity contribution in [3.8, 4) is 0 Å². The van der Waals surface area contributed by atoms with Gasteiger partial charge in [0.1, 0.15) is 0 Å². The molecule has 0 aliphatic rings. The van der Waals surface area contributed by atoms with Gasteiger partial charge in [-0.25, -0.2) is 13.1 Å². The van der Waals surface area contributed by atoms with Crippen molar-refractivity contribution >= 4 is 15.9 Å². The number of carbonyl (C=O) groups is 1. The van der Waals surface area contributed by atoms with Crippen molar-refractivity contribution in [3.63, 3.8) is 0 Å². The first-order valence-corrected chi connectivity index (χ1v) is 9.39. The number of aryl methyl sites for hydroxylation is 1. The Hall–Kier alpha value is -2.18. The van der Waals surface area contributed by atoms with E-state index in [0.29, 0.717) is 25.9 Å². The zero-order valence-electron chi connectivity index (χ0n) is 13.7. The summed E-state index contributed by atoms with van der Waals surface area (Å²) in [6, 6.07) is 16.3. The summed E-state index contributed by atoms with van der Waals surface area (Å²) in [6.07, 6.45) is 0.939. The molecule has 2 N–H and O–H groups in total. The normalized spacial score (nSPS) is 11.2. The predicted molar refractivity (Wildman–Crippen MR) is 93.9 cm³/mol. The minimum atomic E-state index is -3.43. The van der Waals surface area contributed by atoms with Gasteiger partial charge < -0.3 is 5.32 Å². The van der Waals surface area contributed by atoms with Crippen molar-refractivity contribution in [1.82, 2.24) is 10.0 Å². The van der Waals surface area contributed by atoms with E-state index < -0.39 is 10.0 Å². The molecule has 0 saturated carbocycles. The molecule has 0 bridgehead atoms. The maximum atomic E-state index is 11.9. The summed E-state index contributed by atoms with van der Waals surface area (Å²) in [5.41, 5.74) is 1.99. The molecule has 2 aromatic rings. The Labute approximate surface area is 143 Å². The third-order valence-corrected chi connectivity index (χ3v) is 5.10. The molecule has 5 nitrogen and oxygen atoms in total. The summed E-state index contributed by atoms with van der Waals surface area (Å²) < 4.78 is 26.2. The lowest BCUT2D eigenvalue weighted by molar-refractivity contribution is -0.121. The molecule has 128 valence electrons. The molecule has 2 rings (SSSR count). The SMILES string of the molecule is CCNS(=O)(=O)c1ccc(CCC(=O)NCc2ccccc2)cc1. The summed E-state index contributed by atoms with van der Waals surface area (Å²) in [7, 11) is -3.43. The van der Waals surface area contributed by atoms with Crippen LogP contribution in [0.1, 0.15) is 24.5 Å². The van der Waals surface area contributed by atoms with Crippen molar-refractivity contribution in [3.05, 3.63) is 65.7 Å². The second-order valence-corrected chi connectivity index (χ2v) is 7.17. The van der Waals surface area contributed by atoms with E-state index in [1.165, 1.54) is 0 Å². The molecule has 0 aromatic heterocycles. The zero-order valence-corrected chi connectivity index (χ0v) is 14.5. The zero-order chi connectivity index (χ0) is 17.4. The first kappa shape index (κ1) is 18.2. The number of carbonyl (C=O) groups excluding carboxylic acids is 1. The molecule has 2 aromatic carbocycles. The molecule has 0 aliphatic carbocycles. The largest absolute Gasteiger partial charge is 0.352 e. The van der Waals surface area contributed by atoms with E-state index in [9.17, 15) is 13.2 Å². The average Bonchev–Trinajstić information content (AvgIpc) is 2.59. The predicted octanol–water partition coefficient (Wildman–Crippen LogP) is 2.23. The number of amides is 1. The van der Waals surface area contributed by atoms with Gasteiger partial charge in [-0.2, -0.15) is 0 Å². The van der Waals surface area contributed by atoms with Crippen LogP contribution in [0.15, 0.2) is 59.5 Å². The molecule has 0 atom stereocenters. The van der Waals surface area contributed by atoms with Crippen LogP contribution in [0.25, 0.3) is 0 Å². The Morgan fingerprint density at radius 1 is 0.958 bits per heavy atom. The van der Waals surface area contributed by atoms with Gasteiger partial charge in [-0.05, 0) is 29.7 Å². The van der Waals surface area contributed by atoms with Crippen molar-refractivity contribution in [2.24, 2.45) is 0 Å². The quantitative estimate of drug-likeness (QED) is 0.770. The van der Waals surface area contributed by atoms with Gasteiger partial charge in [0.25, 0.3) is 0 Å². The van der Waals surface area contributed by atoms with E-state index in [1.54, 1.807) is 31.2 Å². The highest BCUT2D eigenvalue weighted by atomic mass is 32.2. The van der Waals surface area contributed by atoms with Crippen LogP contribution < -0.4 is 10.0 Å². The van der Waals surface area contributed by atoms with Crippen LogP contribution in [0.3, 0.4) is 0 Å². The second kappa shape index (κ2) is 8.61. The van der Waals surface area contributed by atoms with Gasteiger partial charge >= 0.3 is 0 Å². The molecule has 0 radical (unpaired) electrons. The molecule has 0 unspecified atom stereocenters. The van der Waals surface area contributed by atoms with E-state index in [4.69, 9.17) is 0 Å². The fraction of sp³-hybridized carbons (Fsp3) is 0.278. The van der Waals surface area contributed by atoms with Gasteiger partial charge in [-0.3, -0.25) is 4.79 Å². The second-order valence-electron chi connectivity index (χ2n) is 5.41. The summed E-state index contributed by atoms with van der Waals surface area (Å²) in [4.78, 5) is 12.1. The van der Waals surface area contributed by atoms with Crippen LogP contribution in [-0.2, 0) is 27.8 Å². The van der Waals surface area contributed by atoms with Gasteiger partial charge in [-0.1, -0.05) is 49.4 Å². The molecule has 0 spiro atoms. The number of sulfonamides is 1. The van der Waals surface area contributed by atoms with E-state index in [1.807, 2.05) is 30.3 Å². The fourth-order valence-corrected chi connectivity index (χ4v) is 3.29. The molecule has 1 amide bonds. The van der Waals surface area contributed by atoms with Gasteiger partial charge in [-0.15, -0.1) is 0 Å². The van der Waals surface area contributed by atoms with Gasteiger partial charge in [0, 0.05) is 19.5 Å². The van der Waals surface area contributed by atoms with Crippen LogP contribution in [0.2, 0.25) is 0 Å². The summed E-state index contributed by atoms with van der Waals surface area (Å²) in [5.74, 6) is -0.0248. The molecular formula is C18H22N2O3S. The molecule has 0 aliphatic heterocycles. The van der Waals surface area contributed by atoms with Crippen LogP contribution >= 0.6 is 0 Å². The summed E-state index contributed by atoms with van der Waals surface area (Å²) >= 11 is 0. The van der Waals surface area contributed by atoms with Crippen molar-refractivity contribution in [2.45, 2.75) is 31.2 Å². The molecule has 24 heavy (non-hydrogen) atoms. The van der Waals surface area contributed by atoms with Gasteiger partial charge in [0.2, 0.25) is 15.9 Å². The highest BCUT2D eigenvalue weighted by Gasteiger charge is 2.12. The highest BCUT2D eigenvalue weighted by Crippen LogP contribution is 2.11. The molecular weight excluding hydrogens is 324 g/mol. The third-order valence-electron chi connectivity index (χ3n) is 3.54. The first-order valence-electron chi connectivity index (χ1n) is 7.90. The number of benzene rings is 2. The van der Waals surface area contributed by atoms with Crippen molar-refractivity contribution < 1.29 is 13.2 Å². The number of rotatable bonds is 8.